The molecule has 1 aliphatic rings. The van der Waals surface area contributed by atoms with E-state index in [4.69, 9.17) is 5.73 Å². The Morgan fingerprint density at radius 1 is 1.20 bits per heavy atom. The third-order valence-electron chi connectivity index (χ3n) is 4.68. The molecule has 0 saturated heterocycles. The average Bonchev–Trinajstić information content (AvgIpc) is 3.46. The minimum atomic E-state index is -0.751. The molecule has 1 fully saturated rings. The molecule has 2 aromatic carbocycles. The predicted octanol–water partition coefficient (Wildman–Crippen LogP) is 3.56. The van der Waals surface area contributed by atoms with E-state index in [1.165, 1.54) is 43.0 Å². The topological polar surface area (TPSA) is 103 Å². The number of thioether (sulfide) groups is 1. The average molecular weight is 425 g/mol. The molecular formula is C21H20FN5O2S. The van der Waals surface area contributed by atoms with E-state index in [1.807, 2.05) is 22.8 Å². The van der Waals surface area contributed by atoms with Crippen molar-refractivity contribution < 1.29 is 14.0 Å². The van der Waals surface area contributed by atoms with Crippen LogP contribution in [0.4, 0.5) is 10.1 Å². The maximum Gasteiger partial charge on any atom is 0.235 e. The van der Waals surface area contributed by atoms with Crippen LogP contribution in [0.25, 0.3) is 5.69 Å². The quantitative estimate of drug-likeness (QED) is 0.564. The Bertz CT molecular complexity index is 1100. The van der Waals surface area contributed by atoms with Crippen LogP contribution in [-0.2, 0) is 9.59 Å². The van der Waals surface area contributed by atoms with Crippen LogP contribution in [0.5, 0.6) is 0 Å². The maximum atomic E-state index is 13.3. The highest BCUT2D eigenvalue weighted by Crippen LogP contribution is 2.43. The summed E-state index contributed by atoms with van der Waals surface area (Å²) >= 11 is 1.17. The van der Waals surface area contributed by atoms with E-state index in [2.05, 4.69) is 15.5 Å². The summed E-state index contributed by atoms with van der Waals surface area (Å²) < 4.78 is 15.2. The van der Waals surface area contributed by atoms with Crippen molar-refractivity contribution in [3.8, 4) is 5.69 Å². The van der Waals surface area contributed by atoms with Gasteiger partial charge in [-0.05, 0) is 48.7 Å². The number of aromatic nitrogens is 3. The highest BCUT2D eigenvalue weighted by Gasteiger charge is 2.32. The lowest BCUT2D eigenvalue weighted by atomic mass is 10.1. The second kappa shape index (κ2) is 8.27. The number of amides is 2. The minimum Gasteiger partial charge on any atom is -0.368 e. The summed E-state index contributed by atoms with van der Waals surface area (Å²) in [6.45, 7) is 1.45. The first kappa shape index (κ1) is 20.1. The van der Waals surface area contributed by atoms with Gasteiger partial charge in [-0.3, -0.25) is 14.2 Å². The van der Waals surface area contributed by atoms with Gasteiger partial charge in [0.05, 0.1) is 5.69 Å². The van der Waals surface area contributed by atoms with E-state index >= 15 is 0 Å². The number of hydrogen-bond donors (Lipinski definition) is 2. The summed E-state index contributed by atoms with van der Waals surface area (Å²) in [4.78, 5) is 23.6. The smallest absolute Gasteiger partial charge is 0.235 e. The number of nitrogens with two attached hydrogens (primary N) is 1. The molecule has 1 heterocycles. The van der Waals surface area contributed by atoms with E-state index in [0.29, 0.717) is 22.3 Å². The number of rotatable bonds is 7. The highest BCUT2D eigenvalue weighted by atomic mass is 32.2. The van der Waals surface area contributed by atoms with Gasteiger partial charge in [-0.25, -0.2) is 4.39 Å². The van der Waals surface area contributed by atoms with Gasteiger partial charge in [-0.15, -0.1) is 10.2 Å². The fourth-order valence-electron chi connectivity index (χ4n) is 3.17. The fraction of sp³-hybridized carbons (Fsp3) is 0.238. The molecule has 9 heteroatoms. The van der Waals surface area contributed by atoms with Crippen molar-refractivity contribution in [3.63, 3.8) is 0 Å². The van der Waals surface area contributed by atoms with E-state index in [0.717, 1.165) is 24.4 Å². The first-order valence-electron chi connectivity index (χ1n) is 9.47. The molecule has 0 bridgehead atoms. The second-order valence-corrected chi connectivity index (χ2v) is 8.21. The molecule has 3 aromatic rings. The zero-order valence-corrected chi connectivity index (χ0v) is 17.0. The van der Waals surface area contributed by atoms with Gasteiger partial charge in [0, 0.05) is 18.5 Å². The van der Waals surface area contributed by atoms with Gasteiger partial charge in [0.25, 0.3) is 0 Å². The van der Waals surface area contributed by atoms with Crippen LogP contribution in [0.2, 0.25) is 0 Å². The molecule has 0 unspecified atom stereocenters. The lowest BCUT2D eigenvalue weighted by Gasteiger charge is -2.15. The molecule has 1 atom stereocenters. The van der Waals surface area contributed by atoms with Crippen LogP contribution < -0.4 is 11.1 Å². The Balaban J connectivity index is 1.73. The molecule has 3 N–H and O–H groups in total. The third kappa shape index (κ3) is 4.35. The van der Waals surface area contributed by atoms with Gasteiger partial charge in [0.2, 0.25) is 11.8 Å². The summed E-state index contributed by atoms with van der Waals surface area (Å²) in [5, 5.41) is 11.2. The van der Waals surface area contributed by atoms with Gasteiger partial charge in [0.1, 0.15) is 16.9 Å². The number of hydrogen-bond acceptors (Lipinski definition) is 5. The number of carbonyl (C=O) groups excluding carboxylic acids is 2. The third-order valence-corrected chi connectivity index (χ3v) is 5.90. The zero-order chi connectivity index (χ0) is 21.3. The minimum absolute atomic E-state index is 0.168. The van der Waals surface area contributed by atoms with Gasteiger partial charge >= 0.3 is 0 Å². The van der Waals surface area contributed by atoms with Crippen molar-refractivity contribution >= 4 is 29.3 Å². The first-order chi connectivity index (χ1) is 14.4. The van der Waals surface area contributed by atoms with Crippen LogP contribution in [0.15, 0.2) is 53.7 Å². The highest BCUT2D eigenvalue weighted by molar-refractivity contribution is 8.00. The lowest BCUT2D eigenvalue weighted by Crippen LogP contribution is -2.19. The predicted molar refractivity (Wildman–Crippen MR) is 112 cm³/mol. The standard InChI is InChI=1S/C21H20FN5O2S/c1-12(28)24-16-3-2-4-17(11-16)27-20(14-5-6-14)25-26-21(27)30-18(19(23)29)13-7-9-15(22)10-8-13/h2-4,7-11,14,18H,5-6H2,1H3,(H2,23,29)(H,24,28)/t18-/m0/s1. The number of nitrogens with zero attached hydrogens (tertiary/aromatic N) is 3. The Hall–Kier alpha value is -3.20. The van der Waals surface area contributed by atoms with Gasteiger partial charge in [-0.1, -0.05) is 30.0 Å². The fourth-order valence-corrected chi connectivity index (χ4v) is 4.18. The largest absolute Gasteiger partial charge is 0.368 e. The molecule has 1 aromatic heterocycles. The van der Waals surface area contributed by atoms with Crippen LogP contribution >= 0.6 is 11.8 Å². The van der Waals surface area contributed by atoms with Crippen molar-refractivity contribution in [3.05, 3.63) is 65.7 Å². The zero-order valence-electron chi connectivity index (χ0n) is 16.2. The summed E-state index contributed by atoms with van der Waals surface area (Å²) in [6, 6.07) is 13.0. The van der Waals surface area contributed by atoms with Crippen molar-refractivity contribution in [2.75, 3.05) is 5.32 Å². The molecule has 0 spiro atoms. The molecule has 0 aliphatic heterocycles. The number of nitrogens with one attached hydrogen (secondary N) is 1. The molecule has 30 heavy (non-hydrogen) atoms. The molecule has 1 aliphatic carbocycles. The Kier molecular flexibility index (Phi) is 5.54. The number of primary amides is 1. The lowest BCUT2D eigenvalue weighted by molar-refractivity contribution is -0.117. The van der Waals surface area contributed by atoms with Gasteiger partial charge in [0.15, 0.2) is 5.16 Å². The van der Waals surface area contributed by atoms with E-state index < -0.39 is 11.2 Å². The van der Waals surface area contributed by atoms with Crippen LogP contribution in [-0.4, -0.2) is 26.6 Å². The number of anilines is 1. The summed E-state index contributed by atoms with van der Waals surface area (Å²) in [5.41, 5.74) is 7.65. The van der Waals surface area contributed by atoms with E-state index in [-0.39, 0.29) is 11.7 Å². The van der Waals surface area contributed by atoms with E-state index in [9.17, 15) is 14.0 Å². The molecule has 7 nitrogen and oxygen atoms in total. The molecular weight excluding hydrogens is 405 g/mol. The van der Waals surface area contributed by atoms with Crippen LogP contribution in [0.3, 0.4) is 0 Å². The van der Waals surface area contributed by atoms with Crippen molar-refractivity contribution in [1.82, 2.24) is 14.8 Å². The number of halogens is 1. The maximum absolute atomic E-state index is 13.3. The Labute approximate surface area is 176 Å². The molecule has 0 radical (unpaired) electrons. The van der Waals surface area contributed by atoms with Crippen LogP contribution in [0, 0.1) is 5.82 Å². The molecule has 154 valence electrons. The van der Waals surface area contributed by atoms with Crippen molar-refractivity contribution in [1.29, 1.82) is 0 Å². The Morgan fingerprint density at radius 2 is 1.93 bits per heavy atom. The van der Waals surface area contributed by atoms with Gasteiger partial charge in [-0.2, -0.15) is 0 Å². The SMILES string of the molecule is CC(=O)Nc1cccc(-n2c(S[C@H](C(N)=O)c3ccc(F)cc3)nnc2C2CC2)c1. The summed E-state index contributed by atoms with van der Waals surface area (Å²) in [6.07, 6.45) is 2.04. The molecule has 1 saturated carbocycles. The molecule has 4 rings (SSSR count). The normalized spacial score (nSPS) is 14.3. The summed E-state index contributed by atoms with van der Waals surface area (Å²) in [5.74, 6) is -0.00554. The second-order valence-electron chi connectivity index (χ2n) is 7.13. The Morgan fingerprint density at radius 3 is 2.57 bits per heavy atom. The monoisotopic (exact) mass is 425 g/mol. The molecule has 2 amide bonds. The number of benzene rings is 2. The van der Waals surface area contributed by atoms with Crippen LogP contribution in [0.1, 0.15) is 42.3 Å². The van der Waals surface area contributed by atoms with Crippen molar-refractivity contribution in [2.45, 2.75) is 36.1 Å². The summed E-state index contributed by atoms with van der Waals surface area (Å²) in [7, 11) is 0. The number of carbonyl (C=O) groups is 2. The van der Waals surface area contributed by atoms with Gasteiger partial charge < -0.3 is 11.1 Å². The first-order valence-corrected chi connectivity index (χ1v) is 10.3. The van der Waals surface area contributed by atoms with Crippen molar-refractivity contribution in [2.24, 2.45) is 5.73 Å². The van der Waals surface area contributed by atoms with E-state index in [1.54, 1.807) is 6.07 Å².